The summed E-state index contributed by atoms with van der Waals surface area (Å²) in [5.41, 5.74) is 2.55. The molecule has 1 aromatic carbocycles. The topological polar surface area (TPSA) is 21.3 Å². The molecule has 1 aromatic heterocycles. The maximum Gasteiger partial charge on any atom is 0.0716 e. The summed E-state index contributed by atoms with van der Waals surface area (Å²) in [6.07, 6.45) is 0. The van der Waals surface area contributed by atoms with Gasteiger partial charge < -0.3 is 10.1 Å². The van der Waals surface area contributed by atoms with Gasteiger partial charge in [-0.25, -0.2) is 0 Å². The molecule has 1 N–H and O–H groups in total. The van der Waals surface area contributed by atoms with Gasteiger partial charge in [0.1, 0.15) is 0 Å². The van der Waals surface area contributed by atoms with Crippen LogP contribution in [-0.2, 0) is 24.4 Å². The van der Waals surface area contributed by atoms with Crippen LogP contribution in [0.2, 0.25) is 0 Å². The fraction of sp³-hybridized carbons (Fsp3) is 0.375. The Labute approximate surface area is 119 Å². The third kappa shape index (κ3) is 4.78. The van der Waals surface area contributed by atoms with Crippen molar-refractivity contribution in [1.82, 2.24) is 5.32 Å². The second-order valence-corrected chi connectivity index (χ2v) is 5.94. The molecule has 0 radical (unpaired) electrons. The van der Waals surface area contributed by atoms with Crippen molar-refractivity contribution < 1.29 is 4.74 Å². The first-order chi connectivity index (χ1) is 9.28. The number of rotatable bonds is 7. The van der Waals surface area contributed by atoms with Crippen molar-refractivity contribution >= 4 is 11.3 Å². The van der Waals surface area contributed by atoms with Crippen LogP contribution in [0.1, 0.15) is 27.8 Å². The largest absolute Gasteiger partial charge is 0.377 e. The number of hydrogen-bond acceptors (Lipinski definition) is 3. The number of hydrogen-bond donors (Lipinski definition) is 1. The zero-order valence-corrected chi connectivity index (χ0v) is 12.4. The summed E-state index contributed by atoms with van der Waals surface area (Å²) < 4.78 is 5.39. The zero-order valence-electron chi connectivity index (χ0n) is 11.6. The third-order valence-corrected chi connectivity index (χ3v) is 3.92. The van der Waals surface area contributed by atoms with Crippen molar-refractivity contribution in [2.75, 3.05) is 6.61 Å². The molecule has 0 saturated carbocycles. The fourth-order valence-corrected chi connectivity index (χ4v) is 2.74. The second kappa shape index (κ2) is 7.43. The first-order valence-corrected chi connectivity index (χ1v) is 7.51. The highest BCUT2D eigenvalue weighted by Gasteiger charge is 1.98. The van der Waals surface area contributed by atoms with Crippen LogP contribution in [0.3, 0.4) is 0 Å². The maximum atomic E-state index is 5.39. The number of ether oxygens (including phenoxy) is 1. The molecule has 2 nitrogen and oxygen atoms in total. The molecule has 2 rings (SSSR count). The zero-order chi connectivity index (χ0) is 13.5. The average Bonchev–Trinajstić information content (AvgIpc) is 2.84. The molecule has 0 fully saturated rings. The van der Waals surface area contributed by atoms with Crippen LogP contribution in [0.5, 0.6) is 0 Å². The summed E-state index contributed by atoms with van der Waals surface area (Å²) in [7, 11) is 0. The Morgan fingerprint density at radius 1 is 1.00 bits per heavy atom. The number of benzene rings is 1. The lowest BCUT2D eigenvalue weighted by molar-refractivity contribution is 0.134. The minimum atomic E-state index is 0.707. The minimum absolute atomic E-state index is 0.707. The summed E-state index contributed by atoms with van der Waals surface area (Å²) in [4.78, 5) is 2.77. The van der Waals surface area contributed by atoms with Gasteiger partial charge in [-0.2, -0.15) is 0 Å². The Morgan fingerprint density at radius 2 is 1.74 bits per heavy atom. The van der Waals surface area contributed by atoms with Gasteiger partial charge in [-0.1, -0.05) is 24.3 Å². The van der Waals surface area contributed by atoms with Crippen molar-refractivity contribution in [2.24, 2.45) is 0 Å². The van der Waals surface area contributed by atoms with E-state index in [0.717, 1.165) is 19.7 Å². The Hall–Kier alpha value is -1.16. The van der Waals surface area contributed by atoms with E-state index in [1.165, 1.54) is 20.9 Å². The molecule has 0 unspecified atom stereocenters. The minimum Gasteiger partial charge on any atom is -0.377 e. The lowest BCUT2D eigenvalue weighted by Gasteiger charge is -2.05. The standard InChI is InChI=1S/C16H21NOS/c1-3-18-12-15-7-5-14(6-8-15)10-17-11-16-9-4-13(2)19-16/h4-9,17H,3,10-12H2,1-2H3. The summed E-state index contributed by atoms with van der Waals surface area (Å²) >= 11 is 1.86. The summed E-state index contributed by atoms with van der Waals surface area (Å²) in [5, 5.41) is 3.47. The monoisotopic (exact) mass is 275 g/mol. The van der Waals surface area contributed by atoms with Gasteiger partial charge in [0, 0.05) is 29.5 Å². The lowest BCUT2D eigenvalue weighted by atomic mass is 10.1. The molecule has 0 aliphatic heterocycles. The molecule has 1 heterocycles. The van der Waals surface area contributed by atoms with Gasteiger partial charge in [-0.05, 0) is 37.1 Å². The molecule has 102 valence electrons. The van der Waals surface area contributed by atoms with Crippen molar-refractivity contribution in [1.29, 1.82) is 0 Å². The molecule has 0 atom stereocenters. The van der Waals surface area contributed by atoms with Gasteiger partial charge >= 0.3 is 0 Å². The second-order valence-electron chi connectivity index (χ2n) is 4.57. The maximum absolute atomic E-state index is 5.39. The van der Waals surface area contributed by atoms with E-state index in [1.54, 1.807) is 0 Å². The quantitative estimate of drug-likeness (QED) is 0.828. The highest BCUT2D eigenvalue weighted by atomic mass is 32.1. The Kier molecular flexibility index (Phi) is 5.58. The first-order valence-electron chi connectivity index (χ1n) is 6.69. The molecule has 0 bridgehead atoms. The highest BCUT2D eigenvalue weighted by molar-refractivity contribution is 7.11. The van der Waals surface area contributed by atoms with E-state index >= 15 is 0 Å². The normalized spacial score (nSPS) is 10.8. The average molecular weight is 275 g/mol. The number of thiophene rings is 1. The fourth-order valence-electron chi connectivity index (χ4n) is 1.88. The molecule has 19 heavy (non-hydrogen) atoms. The Morgan fingerprint density at radius 3 is 2.37 bits per heavy atom. The van der Waals surface area contributed by atoms with E-state index in [9.17, 15) is 0 Å². The van der Waals surface area contributed by atoms with Gasteiger partial charge in [-0.3, -0.25) is 0 Å². The van der Waals surface area contributed by atoms with Crippen LogP contribution in [0.4, 0.5) is 0 Å². The van der Waals surface area contributed by atoms with Crippen LogP contribution in [0.15, 0.2) is 36.4 Å². The van der Waals surface area contributed by atoms with Crippen LogP contribution in [0, 0.1) is 6.92 Å². The van der Waals surface area contributed by atoms with Crippen LogP contribution in [0.25, 0.3) is 0 Å². The molecule has 3 heteroatoms. The van der Waals surface area contributed by atoms with E-state index in [1.807, 2.05) is 18.3 Å². The summed E-state index contributed by atoms with van der Waals surface area (Å²) in [5.74, 6) is 0. The molecule has 0 aliphatic rings. The van der Waals surface area contributed by atoms with Crippen molar-refractivity contribution in [2.45, 2.75) is 33.5 Å². The van der Waals surface area contributed by atoms with E-state index in [0.29, 0.717) is 6.61 Å². The van der Waals surface area contributed by atoms with Crippen molar-refractivity contribution in [3.05, 3.63) is 57.3 Å². The van der Waals surface area contributed by atoms with Gasteiger partial charge in [0.15, 0.2) is 0 Å². The molecular weight excluding hydrogens is 254 g/mol. The van der Waals surface area contributed by atoms with Crippen molar-refractivity contribution in [3.63, 3.8) is 0 Å². The highest BCUT2D eigenvalue weighted by Crippen LogP contribution is 2.14. The Balaban J connectivity index is 1.76. The van der Waals surface area contributed by atoms with E-state index < -0.39 is 0 Å². The molecule has 0 aliphatic carbocycles. The summed E-state index contributed by atoms with van der Waals surface area (Å²) in [6.45, 7) is 7.49. The van der Waals surface area contributed by atoms with Gasteiger partial charge in [0.05, 0.1) is 6.61 Å². The molecule has 0 spiro atoms. The smallest absolute Gasteiger partial charge is 0.0716 e. The SMILES string of the molecule is CCOCc1ccc(CNCc2ccc(C)s2)cc1. The Bertz CT molecular complexity index is 490. The van der Waals surface area contributed by atoms with Crippen LogP contribution < -0.4 is 5.32 Å². The van der Waals surface area contributed by atoms with Gasteiger partial charge in [0.25, 0.3) is 0 Å². The van der Waals surface area contributed by atoms with E-state index in [-0.39, 0.29) is 0 Å². The number of aryl methyl sites for hydroxylation is 1. The molecule has 0 amide bonds. The molecule has 0 saturated heterocycles. The summed E-state index contributed by atoms with van der Waals surface area (Å²) in [6, 6.07) is 13.0. The lowest BCUT2D eigenvalue weighted by Crippen LogP contribution is -2.11. The molecule has 2 aromatic rings. The molecular formula is C16H21NOS. The van der Waals surface area contributed by atoms with Crippen molar-refractivity contribution in [3.8, 4) is 0 Å². The predicted octanol–water partition coefficient (Wildman–Crippen LogP) is 3.88. The van der Waals surface area contributed by atoms with Gasteiger partial charge in [-0.15, -0.1) is 11.3 Å². The van der Waals surface area contributed by atoms with E-state index in [4.69, 9.17) is 4.74 Å². The van der Waals surface area contributed by atoms with E-state index in [2.05, 4.69) is 48.6 Å². The van der Waals surface area contributed by atoms with Gasteiger partial charge in [0.2, 0.25) is 0 Å². The number of nitrogens with one attached hydrogen (secondary N) is 1. The predicted molar refractivity (Wildman–Crippen MR) is 81.4 cm³/mol. The first kappa shape index (κ1) is 14.3. The third-order valence-electron chi connectivity index (χ3n) is 2.92. The van der Waals surface area contributed by atoms with Crippen LogP contribution >= 0.6 is 11.3 Å². The van der Waals surface area contributed by atoms with Crippen LogP contribution in [-0.4, -0.2) is 6.61 Å².